The molecule has 3 nitrogen and oxygen atoms in total. The summed E-state index contributed by atoms with van der Waals surface area (Å²) in [6.07, 6.45) is -4.65. The van der Waals surface area contributed by atoms with Gasteiger partial charge < -0.3 is 10.1 Å². The van der Waals surface area contributed by atoms with Gasteiger partial charge in [0.25, 0.3) is 0 Å². The van der Waals surface area contributed by atoms with E-state index < -0.39 is 6.36 Å². The molecule has 1 amide bonds. The Morgan fingerprint density at radius 3 is 2.35 bits per heavy atom. The number of halogens is 3. The van der Waals surface area contributed by atoms with Gasteiger partial charge in [-0.1, -0.05) is 24.3 Å². The Morgan fingerprint density at radius 2 is 1.74 bits per heavy atom. The number of anilines is 1. The van der Waals surface area contributed by atoms with Crippen LogP contribution < -0.4 is 10.1 Å². The molecule has 23 heavy (non-hydrogen) atoms. The molecule has 0 saturated carbocycles. The van der Waals surface area contributed by atoms with Gasteiger partial charge in [-0.05, 0) is 48.7 Å². The summed E-state index contributed by atoms with van der Waals surface area (Å²) in [4.78, 5) is 12.0. The van der Waals surface area contributed by atoms with E-state index in [9.17, 15) is 18.0 Å². The van der Waals surface area contributed by atoms with Crippen molar-refractivity contribution < 1.29 is 22.7 Å². The number of benzene rings is 2. The molecule has 1 N–H and O–H groups in total. The Labute approximate surface area is 132 Å². The zero-order chi connectivity index (χ0) is 17.0. The summed E-state index contributed by atoms with van der Waals surface area (Å²) in [6.45, 7) is 3.81. The Morgan fingerprint density at radius 1 is 1.09 bits per heavy atom. The average molecular weight is 323 g/mol. The number of alkyl halides is 3. The summed E-state index contributed by atoms with van der Waals surface area (Å²) >= 11 is 0. The predicted octanol–water partition coefficient (Wildman–Crippen LogP) is 4.38. The van der Waals surface area contributed by atoms with Gasteiger partial charge in [-0.15, -0.1) is 13.2 Å². The van der Waals surface area contributed by atoms with Crippen LogP contribution in [0.5, 0.6) is 5.75 Å². The molecular weight excluding hydrogens is 307 g/mol. The molecule has 0 aliphatic rings. The van der Waals surface area contributed by atoms with Gasteiger partial charge in [0, 0.05) is 5.69 Å². The van der Waals surface area contributed by atoms with E-state index in [1.165, 1.54) is 24.3 Å². The number of carbonyl (C=O) groups excluding carboxylic acids is 1. The summed E-state index contributed by atoms with van der Waals surface area (Å²) in [7, 11) is 0. The second-order valence-corrected chi connectivity index (χ2v) is 5.24. The SMILES string of the molecule is Cc1ccc(C)c(NC(=O)Cc2ccc(OC(F)(F)F)cc2)c1. The van der Waals surface area contributed by atoms with Crippen LogP contribution in [-0.4, -0.2) is 12.3 Å². The number of aryl methyl sites for hydroxylation is 2. The van der Waals surface area contributed by atoms with Crippen molar-refractivity contribution in [3.05, 3.63) is 59.2 Å². The maximum Gasteiger partial charge on any atom is 0.573 e. The highest BCUT2D eigenvalue weighted by Crippen LogP contribution is 2.23. The molecule has 0 spiro atoms. The van der Waals surface area contributed by atoms with E-state index in [-0.39, 0.29) is 18.1 Å². The monoisotopic (exact) mass is 323 g/mol. The van der Waals surface area contributed by atoms with Crippen LogP contribution in [0.25, 0.3) is 0 Å². The number of rotatable bonds is 4. The molecule has 0 atom stereocenters. The van der Waals surface area contributed by atoms with Crippen LogP contribution in [0.1, 0.15) is 16.7 Å². The first-order chi connectivity index (χ1) is 10.7. The lowest BCUT2D eigenvalue weighted by Crippen LogP contribution is -2.17. The van der Waals surface area contributed by atoms with Crippen LogP contribution >= 0.6 is 0 Å². The van der Waals surface area contributed by atoms with Gasteiger partial charge in [0.2, 0.25) is 5.91 Å². The third kappa shape index (κ3) is 5.32. The van der Waals surface area contributed by atoms with Gasteiger partial charge in [0.15, 0.2) is 0 Å². The van der Waals surface area contributed by atoms with Crippen molar-refractivity contribution in [2.24, 2.45) is 0 Å². The first-order valence-corrected chi connectivity index (χ1v) is 6.95. The Balaban J connectivity index is 1.99. The van der Waals surface area contributed by atoms with Crippen LogP contribution in [0.2, 0.25) is 0 Å². The highest BCUT2D eigenvalue weighted by atomic mass is 19.4. The molecule has 6 heteroatoms. The van der Waals surface area contributed by atoms with E-state index in [1.54, 1.807) is 0 Å². The summed E-state index contributed by atoms with van der Waals surface area (Å²) in [5.74, 6) is -0.542. The number of hydrogen-bond acceptors (Lipinski definition) is 2. The standard InChI is InChI=1S/C17H16F3NO2/c1-11-3-4-12(2)15(9-11)21-16(22)10-13-5-7-14(8-6-13)23-17(18,19)20/h3-9H,10H2,1-2H3,(H,21,22). The number of amides is 1. The maximum atomic E-state index is 12.1. The molecule has 0 unspecified atom stereocenters. The second-order valence-electron chi connectivity index (χ2n) is 5.24. The Kier molecular flexibility index (Phi) is 4.93. The first kappa shape index (κ1) is 16.9. The number of ether oxygens (including phenoxy) is 1. The van der Waals surface area contributed by atoms with E-state index in [0.717, 1.165) is 16.8 Å². The molecule has 0 radical (unpaired) electrons. The quantitative estimate of drug-likeness (QED) is 0.906. The lowest BCUT2D eigenvalue weighted by molar-refractivity contribution is -0.274. The van der Waals surface area contributed by atoms with Crippen molar-refractivity contribution in [3.8, 4) is 5.75 Å². The predicted molar refractivity (Wildman–Crippen MR) is 81.4 cm³/mol. The molecule has 0 aliphatic heterocycles. The highest BCUT2D eigenvalue weighted by molar-refractivity contribution is 5.93. The molecule has 0 saturated heterocycles. The van der Waals surface area contributed by atoms with Crippen molar-refractivity contribution in [1.82, 2.24) is 0 Å². The topological polar surface area (TPSA) is 38.3 Å². The van der Waals surface area contributed by atoms with Crippen LogP contribution in [0, 0.1) is 13.8 Å². The number of carbonyl (C=O) groups is 1. The second kappa shape index (κ2) is 6.73. The fourth-order valence-corrected chi connectivity index (χ4v) is 2.06. The van der Waals surface area contributed by atoms with E-state index >= 15 is 0 Å². The van der Waals surface area contributed by atoms with E-state index in [0.29, 0.717) is 5.56 Å². The van der Waals surface area contributed by atoms with Crippen molar-refractivity contribution in [1.29, 1.82) is 0 Å². The highest BCUT2D eigenvalue weighted by Gasteiger charge is 2.30. The molecule has 0 heterocycles. The summed E-state index contributed by atoms with van der Waals surface area (Å²) < 4.78 is 40.0. The Hall–Kier alpha value is -2.50. The van der Waals surface area contributed by atoms with Crippen molar-refractivity contribution in [2.45, 2.75) is 26.6 Å². The van der Waals surface area contributed by atoms with Crippen LogP contribution in [0.15, 0.2) is 42.5 Å². The summed E-state index contributed by atoms with van der Waals surface area (Å²) in [6, 6.07) is 11.0. The van der Waals surface area contributed by atoms with E-state index in [1.807, 2.05) is 32.0 Å². The van der Waals surface area contributed by atoms with Gasteiger partial charge in [-0.3, -0.25) is 4.79 Å². The molecule has 2 aromatic rings. The van der Waals surface area contributed by atoms with Crippen molar-refractivity contribution in [3.63, 3.8) is 0 Å². The van der Waals surface area contributed by atoms with Crippen molar-refractivity contribution in [2.75, 3.05) is 5.32 Å². The molecule has 2 aromatic carbocycles. The van der Waals surface area contributed by atoms with Gasteiger partial charge in [-0.25, -0.2) is 0 Å². The average Bonchev–Trinajstić information content (AvgIpc) is 2.43. The zero-order valence-electron chi connectivity index (χ0n) is 12.7. The number of hydrogen-bond donors (Lipinski definition) is 1. The lowest BCUT2D eigenvalue weighted by Gasteiger charge is -2.11. The molecule has 122 valence electrons. The van der Waals surface area contributed by atoms with Gasteiger partial charge >= 0.3 is 6.36 Å². The summed E-state index contributed by atoms with van der Waals surface area (Å²) in [5, 5.41) is 2.80. The normalized spacial score (nSPS) is 11.2. The van der Waals surface area contributed by atoms with Gasteiger partial charge in [0.05, 0.1) is 6.42 Å². The molecule has 0 fully saturated rings. The van der Waals surface area contributed by atoms with E-state index in [4.69, 9.17) is 0 Å². The van der Waals surface area contributed by atoms with Gasteiger partial charge in [-0.2, -0.15) is 0 Å². The summed E-state index contributed by atoms with van der Waals surface area (Å²) in [5.41, 5.74) is 3.30. The maximum absolute atomic E-state index is 12.1. The molecule has 0 aliphatic carbocycles. The lowest BCUT2D eigenvalue weighted by atomic mass is 10.1. The van der Waals surface area contributed by atoms with Crippen molar-refractivity contribution >= 4 is 11.6 Å². The third-order valence-corrected chi connectivity index (χ3v) is 3.19. The first-order valence-electron chi connectivity index (χ1n) is 6.95. The third-order valence-electron chi connectivity index (χ3n) is 3.19. The molecule has 2 rings (SSSR count). The van der Waals surface area contributed by atoms with Crippen LogP contribution in [0.3, 0.4) is 0 Å². The molecule has 0 aromatic heterocycles. The molecular formula is C17H16F3NO2. The smallest absolute Gasteiger partial charge is 0.406 e. The Bertz CT molecular complexity index is 694. The molecule has 0 bridgehead atoms. The van der Waals surface area contributed by atoms with E-state index in [2.05, 4.69) is 10.1 Å². The van der Waals surface area contributed by atoms with Crippen LogP contribution in [0.4, 0.5) is 18.9 Å². The minimum absolute atomic E-state index is 0.0691. The minimum atomic E-state index is -4.72. The largest absolute Gasteiger partial charge is 0.573 e. The fourth-order valence-electron chi connectivity index (χ4n) is 2.06. The van der Waals surface area contributed by atoms with Gasteiger partial charge in [0.1, 0.15) is 5.75 Å². The minimum Gasteiger partial charge on any atom is -0.406 e. The fraction of sp³-hybridized carbons (Fsp3) is 0.235. The number of nitrogens with one attached hydrogen (secondary N) is 1. The zero-order valence-corrected chi connectivity index (χ0v) is 12.7. The van der Waals surface area contributed by atoms with Crippen LogP contribution in [-0.2, 0) is 11.2 Å².